The summed E-state index contributed by atoms with van der Waals surface area (Å²) >= 11 is 7.52. The first-order valence-electron chi connectivity index (χ1n) is 4.20. The molecule has 0 saturated carbocycles. The molecule has 2 aliphatic heterocycles. The monoisotopic (exact) mass is 304 g/mol. The predicted molar refractivity (Wildman–Crippen MR) is 62.4 cm³/mol. The van der Waals surface area contributed by atoms with Crippen molar-refractivity contribution in [2.24, 2.45) is 0 Å². The van der Waals surface area contributed by atoms with E-state index in [1.807, 2.05) is 6.07 Å². The second-order valence-corrected chi connectivity index (χ2v) is 6.99. The lowest BCUT2D eigenvalue weighted by Crippen LogP contribution is -2.28. The van der Waals surface area contributed by atoms with Gasteiger partial charge in [-0.15, -0.1) is 12.6 Å². The van der Waals surface area contributed by atoms with E-state index in [4.69, 9.17) is 4.74 Å². The fraction of sp³-hybridized carbons (Fsp3) is 0.222. The van der Waals surface area contributed by atoms with E-state index < -0.39 is 20.8 Å². The molecular weight excluding hydrogens is 300 g/mol. The minimum Gasteiger partial charge on any atom is -0.424 e. The number of hydrogen-bond acceptors (Lipinski definition) is 4. The first-order chi connectivity index (χ1) is 7.06. The van der Waals surface area contributed by atoms with Crippen molar-refractivity contribution in [2.45, 2.75) is 9.33 Å². The Balaban J connectivity index is 2.26. The first-order valence-corrected chi connectivity index (χ1v) is 6.66. The molecule has 15 heavy (non-hydrogen) atoms. The predicted octanol–water partition coefficient (Wildman–Crippen LogP) is 1.80. The van der Waals surface area contributed by atoms with Crippen molar-refractivity contribution < 1.29 is 13.7 Å². The number of carbonyl (C=O) groups is 1. The number of hydrogen-bond donors (Lipinski definition) is 1. The Labute approximate surface area is 102 Å². The minimum absolute atomic E-state index is 0.340. The minimum atomic E-state index is -1.28. The maximum Gasteiger partial charge on any atom is 0.342 e. The number of thiol groups is 1. The number of halogens is 1. The zero-order valence-electron chi connectivity index (χ0n) is 7.27. The van der Waals surface area contributed by atoms with Gasteiger partial charge in [0.2, 0.25) is 4.08 Å². The van der Waals surface area contributed by atoms with Gasteiger partial charge in [0, 0.05) is 10.0 Å². The zero-order valence-corrected chi connectivity index (χ0v) is 10.6. The summed E-state index contributed by atoms with van der Waals surface area (Å²) in [5.74, 6) is -0.0327. The number of carbonyl (C=O) groups excluding carboxylic acids is 1. The van der Waals surface area contributed by atoms with Crippen molar-refractivity contribution in [2.75, 3.05) is 0 Å². The highest BCUT2D eigenvalue weighted by Gasteiger charge is 2.72. The van der Waals surface area contributed by atoms with Crippen LogP contribution in [0.5, 0.6) is 5.75 Å². The third-order valence-corrected chi connectivity index (χ3v) is 6.22. The summed E-state index contributed by atoms with van der Waals surface area (Å²) in [6, 6.07) is 5.30. The van der Waals surface area contributed by atoms with E-state index in [9.17, 15) is 9.00 Å². The van der Waals surface area contributed by atoms with Gasteiger partial charge in [-0.2, -0.15) is 0 Å². The quantitative estimate of drug-likeness (QED) is 0.344. The molecule has 2 aliphatic rings. The van der Waals surface area contributed by atoms with Gasteiger partial charge in [0.1, 0.15) is 11.0 Å². The number of ether oxygens (including phenoxy) is 1. The lowest BCUT2D eigenvalue weighted by atomic mass is 10.1. The van der Waals surface area contributed by atoms with E-state index in [1.54, 1.807) is 12.1 Å². The summed E-state index contributed by atoms with van der Waals surface area (Å²) < 4.78 is 16.5. The van der Waals surface area contributed by atoms with Crippen LogP contribution in [-0.4, -0.2) is 14.3 Å². The van der Waals surface area contributed by atoms with Gasteiger partial charge in [-0.05, 0) is 12.1 Å². The molecule has 1 aromatic rings. The van der Waals surface area contributed by atoms with Crippen LogP contribution in [0.3, 0.4) is 0 Å². The van der Waals surface area contributed by atoms with Crippen LogP contribution >= 0.6 is 28.6 Å². The van der Waals surface area contributed by atoms with Crippen molar-refractivity contribution in [3.05, 3.63) is 28.2 Å². The van der Waals surface area contributed by atoms with E-state index in [0.29, 0.717) is 5.75 Å². The van der Waals surface area contributed by atoms with Gasteiger partial charge < -0.3 is 4.74 Å². The molecule has 0 spiro atoms. The molecule has 78 valence electrons. The summed E-state index contributed by atoms with van der Waals surface area (Å²) in [6.07, 6.45) is 0. The molecular formula is C9H5BrO3S2. The van der Waals surface area contributed by atoms with Crippen LogP contribution < -0.4 is 4.74 Å². The molecule has 3 unspecified atom stereocenters. The highest BCUT2D eigenvalue weighted by Crippen LogP contribution is 2.63. The Bertz CT molecular complexity index is 516. The number of fused-ring (bicyclic) bond motifs is 3. The van der Waals surface area contributed by atoms with E-state index in [2.05, 4.69) is 28.6 Å². The molecule has 3 rings (SSSR count). The largest absolute Gasteiger partial charge is 0.424 e. The molecule has 1 saturated heterocycles. The Morgan fingerprint density at radius 2 is 2.27 bits per heavy atom. The van der Waals surface area contributed by atoms with Gasteiger partial charge in [-0.25, -0.2) is 4.79 Å². The molecule has 6 heteroatoms. The highest BCUT2D eigenvalue weighted by molar-refractivity contribution is 9.10. The number of benzene rings is 1. The standard InChI is InChI=1S/C9H5BrO3S2/c10-4-2-1-3-5-6(4)7-9(14,15(7)12)8(11)13-5/h1-3,7,14H. The average molecular weight is 305 g/mol. The number of esters is 1. The van der Waals surface area contributed by atoms with Crippen molar-refractivity contribution in [3.63, 3.8) is 0 Å². The lowest BCUT2D eigenvalue weighted by Gasteiger charge is -2.17. The molecule has 0 radical (unpaired) electrons. The Morgan fingerprint density at radius 3 is 3.00 bits per heavy atom. The molecule has 0 amide bonds. The molecule has 0 aliphatic carbocycles. The van der Waals surface area contributed by atoms with Gasteiger partial charge in [0.05, 0.1) is 10.8 Å². The zero-order chi connectivity index (χ0) is 10.8. The number of rotatable bonds is 0. The van der Waals surface area contributed by atoms with Gasteiger partial charge in [0.15, 0.2) is 0 Å². The van der Waals surface area contributed by atoms with Crippen LogP contribution in [0.25, 0.3) is 0 Å². The summed E-state index contributed by atoms with van der Waals surface area (Å²) in [6.45, 7) is 0. The van der Waals surface area contributed by atoms with Crippen molar-refractivity contribution in [1.82, 2.24) is 0 Å². The van der Waals surface area contributed by atoms with E-state index in [0.717, 1.165) is 10.0 Å². The molecule has 0 bridgehead atoms. The third-order valence-electron chi connectivity index (χ3n) is 2.59. The van der Waals surface area contributed by atoms with Gasteiger partial charge in [-0.1, -0.05) is 22.0 Å². The average Bonchev–Trinajstić information content (AvgIpc) is 2.73. The van der Waals surface area contributed by atoms with Crippen LogP contribution in [0.4, 0.5) is 0 Å². The van der Waals surface area contributed by atoms with E-state index in [1.165, 1.54) is 0 Å². The molecule has 3 atom stereocenters. The highest BCUT2D eigenvalue weighted by atomic mass is 79.9. The molecule has 1 aromatic carbocycles. The SMILES string of the molecule is O=C1Oc2cccc(Br)c2C2S(=O)C12S. The second-order valence-electron chi connectivity index (χ2n) is 3.42. The van der Waals surface area contributed by atoms with Crippen molar-refractivity contribution >= 4 is 45.3 Å². The first kappa shape index (κ1) is 9.86. The smallest absolute Gasteiger partial charge is 0.342 e. The fourth-order valence-electron chi connectivity index (χ4n) is 1.76. The third kappa shape index (κ3) is 1.07. The van der Waals surface area contributed by atoms with Crippen LogP contribution in [0.2, 0.25) is 0 Å². The summed E-state index contributed by atoms with van der Waals surface area (Å²) in [5.41, 5.74) is 0.783. The Kier molecular flexibility index (Phi) is 1.88. The van der Waals surface area contributed by atoms with Crippen molar-refractivity contribution in [3.8, 4) is 5.75 Å². The van der Waals surface area contributed by atoms with Crippen molar-refractivity contribution in [1.29, 1.82) is 0 Å². The summed E-state index contributed by atoms with van der Waals surface area (Å²) in [7, 11) is -1.28. The topological polar surface area (TPSA) is 43.4 Å². The second kappa shape index (κ2) is 2.87. The summed E-state index contributed by atoms with van der Waals surface area (Å²) in [5, 5.41) is -0.340. The van der Waals surface area contributed by atoms with Gasteiger partial charge in [-0.3, -0.25) is 4.21 Å². The van der Waals surface area contributed by atoms with Crippen LogP contribution in [0, 0.1) is 0 Å². The molecule has 0 N–H and O–H groups in total. The van der Waals surface area contributed by atoms with Crippen LogP contribution in [0.15, 0.2) is 22.7 Å². The normalized spacial score (nSPS) is 36.5. The fourth-order valence-corrected chi connectivity index (χ4v) is 4.57. The lowest BCUT2D eigenvalue weighted by molar-refractivity contribution is -0.134. The molecule has 3 nitrogen and oxygen atoms in total. The maximum absolute atomic E-state index is 11.7. The molecule has 1 fully saturated rings. The van der Waals surface area contributed by atoms with E-state index >= 15 is 0 Å². The molecule has 2 heterocycles. The van der Waals surface area contributed by atoms with Gasteiger partial charge >= 0.3 is 5.97 Å². The van der Waals surface area contributed by atoms with Crippen LogP contribution in [0.1, 0.15) is 10.8 Å². The molecule has 0 aromatic heterocycles. The summed E-state index contributed by atoms with van der Waals surface area (Å²) in [4.78, 5) is 11.5. The van der Waals surface area contributed by atoms with Crippen LogP contribution in [-0.2, 0) is 15.6 Å². The maximum atomic E-state index is 11.7. The van der Waals surface area contributed by atoms with Gasteiger partial charge in [0.25, 0.3) is 0 Å². The Hall–Kier alpha value is -0.330. The van der Waals surface area contributed by atoms with E-state index in [-0.39, 0.29) is 5.25 Å². The Morgan fingerprint density at radius 1 is 1.53 bits per heavy atom.